The summed E-state index contributed by atoms with van der Waals surface area (Å²) in [7, 11) is 1.52. The van der Waals surface area contributed by atoms with Gasteiger partial charge in [0.1, 0.15) is 12.0 Å². The number of pyridine rings is 1. The Bertz CT molecular complexity index is 1010. The summed E-state index contributed by atoms with van der Waals surface area (Å²) in [6.07, 6.45) is -1.43. The van der Waals surface area contributed by atoms with Crippen LogP contribution in [-0.4, -0.2) is 40.2 Å². The third kappa shape index (κ3) is 3.04. The van der Waals surface area contributed by atoms with Crippen LogP contribution < -0.4 is 10.4 Å². The van der Waals surface area contributed by atoms with Crippen LogP contribution in [0.4, 0.5) is 13.2 Å². The minimum Gasteiger partial charge on any atom is -0.502 e. The SMILES string of the molecule is CN1C(=O)c2c(O)c(=O)ccn2N2C(c3ccccc3F)C(CC(F)F)CCC12. The van der Waals surface area contributed by atoms with Gasteiger partial charge in [-0.3, -0.25) is 19.3 Å². The predicted molar refractivity (Wildman–Crippen MR) is 99.0 cm³/mol. The highest BCUT2D eigenvalue weighted by Crippen LogP contribution is 2.44. The number of piperidine rings is 1. The van der Waals surface area contributed by atoms with Gasteiger partial charge in [0.05, 0.1) is 6.04 Å². The number of rotatable bonds is 3. The summed E-state index contributed by atoms with van der Waals surface area (Å²) in [5.41, 5.74) is -0.745. The third-order valence-corrected chi connectivity index (χ3v) is 5.81. The van der Waals surface area contributed by atoms with Crippen molar-refractivity contribution in [3.8, 4) is 5.75 Å². The van der Waals surface area contributed by atoms with E-state index in [0.717, 1.165) is 6.07 Å². The monoisotopic (exact) mass is 407 g/mol. The van der Waals surface area contributed by atoms with Crippen LogP contribution in [0.15, 0.2) is 41.3 Å². The number of halogens is 3. The first-order valence-corrected chi connectivity index (χ1v) is 9.34. The van der Waals surface area contributed by atoms with Gasteiger partial charge in [0.15, 0.2) is 11.4 Å². The average molecular weight is 407 g/mol. The van der Waals surface area contributed by atoms with Crippen molar-refractivity contribution in [1.29, 1.82) is 0 Å². The Morgan fingerprint density at radius 1 is 1.17 bits per heavy atom. The molecule has 0 spiro atoms. The van der Waals surface area contributed by atoms with Crippen molar-refractivity contribution < 1.29 is 23.1 Å². The summed E-state index contributed by atoms with van der Waals surface area (Å²) < 4.78 is 42.7. The van der Waals surface area contributed by atoms with Crippen LogP contribution in [-0.2, 0) is 0 Å². The average Bonchev–Trinajstić information content (AvgIpc) is 2.68. The highest BCUT2D eigenvalue weighted by Gasteiger charge is 2.47. The number of aromatic nitrogens is 1. The number of hydrogen-bond donors (Lipinski definition) is 1. The van der Waals surface area contributed by atoms with Crippen LogP contribution in [0.1, 0.15) is 41.4 Å². The fourth-order valence-electron chi connectivity index (χ4n) is 4.50. The van der Waals surface area contributed by atoms with E-state index >= 15 is 0 Å². The van der Waals surface area contributed by atoms with Gasteiger partial charge in [0, 0.05) is 31.3 Å². The number of carbonyl (C=O) groups excluding carboxylic acids is 1. The molecule has 2 aromatic rings. The van der Waals surface area contributed by atoms with Gasteiger partial charge < -0.3 is 10.0 Å². The highest BCUT2D eigenvalue weighted by atomic mass is 19.3. The van der Waals surface area contributed by atoms with E-state index < -0.39 is 53.9 Å². The van der Waals surface area contributed by atoms with Crippen molar-refractivity contribution in [2.45, 2.75) is 37.9 Å². The second-order valence-electron chi connectivity index (χ2n) is 7.43. The van der Waals surface area contributed by atoms with Gasteiger partial charge in [-0.25, -0.2) is 13.2 Å². The number of alkyl halides is 2. The quantitative estimate of drug-likeness (QED) is 0.850. The Morgan fingerprint density at radius 2 is 1.90 bits per heavy atom. The fourth-order valence-corrected chi connectivity index (χ4v) is 4.50. The summed E-state index contributed by atoms with van der Waals surface area (Å²) in [4.78, 5) is 26.1. The molecule has 154 valence electrons. The lowest BCUT2D eigenvalue weighted by atomic mass is 9.81. The van der Waals surface area contributed by atoms with Gasteiger partial charge in [0.2, 0.25) is 11.9 Å². The van der Waals surface area contributed by atoms with E-state index in [9.17, 15) is 27.9 Å². The fraction of sp³-hybridized carbons (Fsp3) is 0.400. The molecule has 1 fully saturated rings. The van der Waals surface area contributed by atoms with E-state index in [1.165, 1.54) is 35.0 Å². The van der Waals surface area contributed by atoms with Crippen LogP contribution in [0.2, 0.25) is 0 Å². The zero-order valence-corrected chi connectivity index (χ0v) is 15.6. The molecule has 0 bridgehead atoms. The molecule has 4 rings (SSSR count). The molecule has 0 aliphatic carbocycles. The number of carbonyl (C=O) groups is 1. The van der Waals surface area contributed by atoms with Gasteiger partial charge in [-0.15, -0.1) is 0 Å². The van der Waals surface area contributed by atoms with E-state index in [4.69, 9.17) is 0 Å². The van der Waals surface area contributed by atoms with Crippen molar-refractivity contribution in [3.63, 3.8) is 0 Å². The first-order chi connectivity index (χ1) is 13.8. The van der Waals surface area contributed by atoms with Crippen molar-refractivity contribution in [3.05, 3.63) is 63.8 Å². The zero-order valence-electron chi connectivity index (χ0n) is 15.6. The predicted octanol–water partition coefficient (Wildman–Crippen LogP) is 2.85. The van der Waals surface area contributed by atoms with Gasteiger partial charge >= 0.3 is 0 Å². The molecule has 0 radical (unpaired) electrons. The lowest BCUT2D eigenvalue weighted by Gasteiger charge is -2.54. The molecule has 1 aromatic heterocycles. The lowest BCUT2D eigenvalue weighted by Crippen LogP contribution is -2.64. The molecule has 3 unspecified atom stereocenters. The Labute approximate surface area is 164 Å². The van der Waals surface area contributed by atoms with E-state index in [0.29, 0.717) is 12.8 Å². The Hall–Kier alpha value is -2.97. The number of hydrogen-bond acceptors (Lipinski definition) is 4. The second-order valence-corrected chi connectivity index (χ2v) is 7.43. The maximum atomic E-state index is 14.7. The second kappa shape index (κ2) is 7.13. The number of fused-ring (bicyclic) bond motifs is 3. The van der Waals surface area contributed by atoms with Crippen molar-refractivity contribution in [2.75, 3.05) is 12.1 Å². The van der Waals surface area contributed by atoms with Crippen LogP contribution in [0.25, 0.3) is 0 Å². The van der Waals surface area contributed by atoms with Crippen LogP contribution >= 0.6 is 0 Å². The summed E-state index contributed by atoms with van der Waals surface area (Å²) in [5.74, 6) is -2.39. The van der Waals surface area contributed by atoms with Crippen LogP contribution in [0, 0.1) is 11.7 Å². The van der Waals surface area contributed by atoms with Crippen LogP contribution in [0.5, 0.6) is 5.75 Å². The standard InChI is InChI=1S/C20H20F3N3O3/c1-24-16-7-6-11(10-15(22)23)17(12-4-2-3-5-13(12)21)26(16)25-9-8-14(27)19(28)18(25)20(24)29/h2-5,8-9,11,15-17,28H,6-7,10H2,1H3. The Kier molecular flexibility index (Phi) is 4.76. The number of nitrogens with zero attached hydrogens (tertiary/aromatic N) is 3. The first kappa shape index (κ1) is 19.4. The lowest BCUT2D eigenvalue weighted by molar-refractivity contribution is 0.0378. The molecule has 3 atom stereocenters. The normalized spacial score (nSPS) is 23.9. The van der Waals surface area contributed by atoms with E-state index in [2.05, 4.69) is 0 Å². The van der Waals surface area contributed by atoms with E-state index in [1.807, 2.05) is 0 Å². The minimum absolute atomic E-state index is 0.231. The summed E-state index contributed by atoms with van der Waals surface area (Å²) in [5, 5.41) is 11.9. The Morgan fingerprint density at radius 3 is 2.59 bits per heavy atom. The maximum absolute atomic E-state index is 14.7. The molecule has 1 aromatic carbocycles. The molecule has 2 aliphatic heterocycles. The number of aromatic hydroxyl groups is 1. The molecule has 2 aliphatic rings. The smallest absolute Gasteiger partial charge is 0.277 e. The third-order valence-electron chi connectivity index (χ3n) is 5.81. The summed E-state index contributed by atoms with van der Waals surface area (Å²) >= 11 is 0. The van der Waals surface area contributed by atoms with Crippen molar-refractivity contribution in [1.82, 2.24) is 9.58 Å². The molecule has 0 saturated carbocycles. The van der Waals surface area contributed by atoms with Crippen molar-refractivity contribution >= 4 is 5.91 Å². The largest absolute Gasteiger partial charge is 0.502 e. The topological polar surface area (TPSA) is 65.8 Å². The highest BCUT2D eigenvalue weighted by molar-refractivity contribution is 5.96. The first-order valence-electron chi connectivity index (χ1n) is 9.34. The van der Waals surface area contributed by atoms with Gasteiger partial charge in [-0.2, -0.15) is 0 Å². The van der Waals surface area contributed by atoms with Gasteiger partial charge in [-0.05, 0) is 24.8 Å². The zero-order chi connectivity index (χ0) is 20.9. The molecule has 1 saturated heterocycles. The molecule has 29 heavy (non-hydrogen) atoms. The molecule has 9 heteroatoms. The van der Waals surface area contributed by atoms with E-state index in [-0.39, 0.29) is 11.3 Å². The van der Waals surface area contributed by atoms with Gasteiger partial charge in [0.25, 0.3) is 5.91 Å². The van der Waals surface area contributed by atoms with Crippen LogP contribution in [0.3, 0.4) is 0 Å². The minimum atomic E-state index is -2.57. The molecule has 1 amide bonds. The van der Waals surface area contributed by atoms with Gasteiger partial charge in [-0.1, -0.05) is 18.2 Å². The van der Waals surface area contributed by atoms with E-state index in [1.54, 1.807) is 17.1 Å². The van der Waals surface area contributed by atoms with Crippen molar-refractivity contribution in [2.24, 2.45) is 5.92 Å². The molecule has 3 heterocycles. The molecular weight excluding hydrogens is 387 g/mol. The summed E-state index contributed by atoms with van der Waals surface area (Å²) in [6.45, 7) is 0. The molecular formula is C20H20F3N3O3. The maximum Gasteiger partial charge on any atom is 0.277 e. The number of amides is 1. The molecule has 1 N–H and O–H groups in total. The molecule has 6 nitrogen and oxygen atoms in total. The summed E-state index contributed by atoms with van der Waals surface area (Å²) in [6, 6.07) is 6.25. The number of benzene rings is 1. The Balaban J connectivity index is 1.94.